The highest BCUT2D eigenvalue weighted by Gasteiger charge is 2.50. The molecular weight excluding hydrogens is 444 g/mol. The van der Waals surface area contributed by atoms with E-state index in [1.807, 2.05) is 42.5 Å². The van der Waals surface area contributed by atoms with Crippen molar-refractivity contribution in [2.24, 2.45) is 0 Å². The summed E-state index contributed by atoms with van der Waals surface area (Å²) in [6.07, 6.45) is 2.72. The normalized spacial score (nSPS) is 19.2. The number of benzene rings is 2. The summed E-state index contributed by atoms with van der Waals surface area (Å²) in [4.78, 5) is 33.9. The first kappa shape index (κ1) is 22.7. The molecule has 0 aliphatic carbocycles. The number of anilines is 2. The molecule has 1 unspecified atom stereocenters. The SMILES string of the molecule is COc1cccc(Nc2ncccc2C(=O)N2CCC3(CN(CCc4ccccc4)C(=O)O3)C2)c1. The zero-order chi connectivity index (χ0) is 24.3. The minimum Gasteiger partial charge on any atom is -0.497 e. The molecule has 8 heteroatoms. The van der Waals surface area contributed by atoms with E-state index in [0.717, 1.165) is 12.1 Å². The van der Waals surface area contributed by atoms with Gasteiger partial charge in [-0.05, 0) is 36.2 Å². The lowest BCUT2D eigenvalue weighted by Crippen LogP contribution is -2.40. The molecule has 1 atom stereocenters. The average Bonchev–Trinajstić information content (AvgIpc) is 3.45. The predicted molar refractivity (Wildman–Crippen MR) is 132 cm³/mol. The van der Waals surface area contributed by atoms with Crippen molar-refractivity contribution in [2.45, 2.75) is 18.4 Å². The fourth-order valence-electron chi connectivity index (χ4n) is 4.69. The first-order valence-electron chi connectivity index (χ1n) is 11.7. The molecule has 1 spiro atoms. The third kappa shape index (κ3) is 4.91. The number of likely N-dealkylation sites (tertiary alicyclic amines) is 1. The summed E-state index contributed by atoms with van der Waals surface area (Å²) in [5.74, 6) is 1.04. The molecule has 2 aliphatic rings. The van der Waals surface area contributed by atoms with E-state index in [4.69, 9.17) is 9.47 Å². The number of hydrogen-bond donors (Lipinski definition) is 1. The fraction of sp³-hybridized carbons (Fsp3) is 0.296. The molecule has 3 heterocycles. The number of nitrogens with zero attached hydrogens (tertiary/aromatic N) is 3. The molecule has 1 N–H and O–H groups in total. The number of aromatic nitrogens is 1. The largest absolute Gasteiger partial charge is 0.497 e. The number of amides is 2. The summed E-state index contributed by atoms with van der Waals surface area (Å²) >= 11 is 0. The Labute approximate surface area is 204 Å². The zero-order valence-electron chi connectivity index (χ0n) is 19.6. The van der Waals surface area contributed by atoms with Gasteiger partial charge in [0.15, 0.2) is 5.60 Å². The Morgan fingerprint density at radius 1 is 1.11 bits per heavy atom. The molecule has 0 saturated carbocycles. The van der Waals surface area contributed by atoms with Gasteiger partial charge in [0.05, 0.1) is 25.8 Å². The molecule has 1 aromatic heterocycles. The van der Waals surface area contributed by atoms with Crippen LogP contribution in [0.3, 0.4) is 0 Å². The van der Waals surface area contributed by atoms with Gasteiger partial charge in [0, 0.05) is 37.5 Å². The van der Waals surface area contributed by atoms with Crippen LogP contribution in [0.5, 0.6) is 5.75 Å². The summed E-state index contributed by atoms with van der Waals surface area (Å²) in [6, 6.07) is 21.0. The van der Waals surface area contributed by atoms with E-state index in [1.54, 1.807) is 35.2 Å². The Morgan fingerprint density at radius 2 is 1.97 bits per heavy atom. The third-order valence-corrected chi connectivity index (χ3v) is 6.53. The second-order valence-electron chi connectivity index (χ2n) is 8.94. The van der Waals surface area contributed by atoms with Crippen LogP contribution in [0.4, 0.5) is 16.3 Å². The Hall–Kier alpha value is -4.07. The van der Waals surface area contributed by atoms with E-state index in [1.165, 1.54) is 5.56 Å². The predicted octanol–water partition coefficient (Wildman–Crippen LogP) is 4.11. The van der Waals surface area contributed by atoms with Gasteiger partial charge < -0.3 is 24.6 Å². The van der Waals surface area contributed by atoms with E-state index in [0.29, 0.717) is 49.7 Å². The number of pyridine rings is 1. The van der Waals surface area contributed by atoms with Gasteiger partial charge >= 0.3 is 6.09 Å². The van der Waals surface area contributed by atoms with Crippen LogP contribution in [0, 0.1) is 0 Å². The smallest absolute Gasteiger partial charge is 0.410 e. The van der Waals surface area contributed by atoms with Gasteiger partial charge in [-0.3, -0.25) is 4.79 Å². The number of methoxy groups -OCH3 is 1. The molecule has 2 fully saturated rings. The highest BCUT2D eigenvalue weighted by atomic mass is 16.6. The van der Waals surface area contributed by atoms with Crippen molar-refractivity contribution >= 4 is 23.5 Å². The van der Waals surface area contributed by atoms with Gasteiger partial charge in [0.2, 0.25) is 0 Å². The van der Waals surface area contributed by atoms with Crippen molar-refractivity contribution in [3.8, 4) is 5.75 Å². The van der Waals surface area contributed by atoms with Crippen LogP contribution < -0.4 is 10.1 Å². The van der Waals surface area contributed by atoms with E-state index in [2.05, 4.69) is 22.4 Å². The minimum absolute atomic E-state index is 0.140. The van der Waals surface area contributed by atoms with Crippen LogP contribution in [-0.2, 0) is 11.2 Å². The molecule has 2 aliphatic heterocycles. The Kier molecular flexibility index (Phi) is 6.27. The third-order valence-electron chi connectivity index (χ3n) is 6.53. The summed E-state index contributed by atoms with van der Waals surface area (Å²) in [7, 11) is 1.61. The van der Waals surface area contributed by atoms with Gasteiger partial charge in [-0.1, -0.05) is 36.4 Å². The van der Waals surface area contributed by atoms with Crippen LogP contribution in [0.15, 0.2) is 72.9 Å². The van der Waals surface area contributed by atoms with Crippen molar-refractivity contribution in [2.75, 3.05) is 38.6 Å². The number of nitrogens with one attached hydrogen (secondary N) is 1. The lowest BCUT2D eigenvalue weighted by molar-refractivity contribution is 0.0553. The molecular formula is C27H28N4O4. The maximum atomic E-state index is 13.5. The first-order chi connectivity index (χ1) is 17.0. The molecule has 2 saturated heterocycles. The molecule has 35 heavy (non-hydrogen) atoms. The molecule has 2 amide bonds. The molecule has 0 radical (unpaired) electrons. The maximum absolute atomic E-state index is 13.5. The van der Waals surface area contributed by atoms with Crippen molar-refractivity contribution < 1.29 is 19.1 Å². The van der Waals surface area contributed by atoms with Crippen LogP contribution in [0.2, 0.25) is 0 Å². The Bertz CT molecular complexity index is 1220. The van der Waals surface area contributed by atoms with Crippen molar-refractivity contribution in [3.05, 3.63) is 84.1 Å². The zero-order valence-corrected chi connectivity index (χ0v) is 19.6. The lowest BCUT2D eigenvalue weighted by atomic mass is 10.0. The van der Waals surface area contributed by atoms with Gasteiger partial charge in [-0.2, -0.15) is 0 Å². The second kappa shape index (κ2) is 9.66. The molecule has 180 valence electrons. The molecule has 8 nitrogen and oxygen atoms in total. The summed E-state index contributed by atoms with van der Waals surface area (Å²) < 4.78 is 11.1. The van der Waals surface area contributed by atoms with Crippen molar-refractivity contribution in [1.29, 1.82) is 0 Å². The van der Waals surface area contributed by atoms with Gasteiger partial charge in [0.1, 0.15) is 11.6 Å². The number of hydrogen-bond acceptors (Lipinski definition) is 6. The van der Waals surface area contributed by atoms with E-state index >= 15 is 0 Å². The van der Waals surface area contributed by atoms with Gasteiger partial charge in [-0.25, -0.2) is 9.78 Å². The topological polar surface area (TPSA) is 84.0 Å². The highest BCUT2D eigenvalue weighted by molar-refractivity contribution is 5.99. The number of carbonyl (C=O) groups excluding carboxylic acids is 2. The number of carbonyl (C=O) groups is 2. The minimum atomic E-state index is -0.661. The molecule has 2 aromatic carbocycles. The lowest BCUT2D eigenvalue weighted by Gasteiger charge is -2.23. The monoisotopic (exact) mass is 472 g/mol. The highest BCUT2D eigenvalue weighted by Crippen LogP contribution is 2.34. The van der Waals surface area contributed by atoms with Crippen LogP contribution in [0.25, 0.3) is 0 Å². The van der Waals surface area contributed by atoms with E-state index in [-0.39, 0.29) is 12.0 Å². The Balaban J connectivity index is 1.25. The van der Waals surface area contributed by atoms with E-state index < -0.39 is 5.60 Å². The van der Waals surface area contributed by atoms with Crippen molar-refractivity contribution in [1.82, 2.24) is 14.8 Å². The van der Waals surface area contributed by atoms with Crippen LogP contribution in [0.1, 0.15) is 22.3 Å². The van der Waals surface area contributed by atoms with Crippen LogP contribution >= 0.6 is 0 Å². The standard InChI is InChI=1S/C27H28N4O4/c1-34-22-10-5-9-21(17-22)29-24-23(11-6-14-28-24)25(32)30-16-13-27(18-30)19-31(26(33)35-27)15-12-20-7-3-2-4-8-20/h2-11,14,17H,12-13,15-16,18-19H2,1H3,(H,28,29). The summed E-state index contributed by atoms with van der Waals surface area (Å²) in [5.41, 5.74) is 1.76. The van der Waals surface area contributed by atoms with E-state index in [9.17, 15) is 9.59 Å². The Morgan fingerprint density at radius 3 is 2.80 bits per heavy atom. The van der Waals surface area contributed by atoms with Gasteiger partial charge in [0.25, 0.3) is 5.91 Å². The fourth-order valence-corrected chi connectivity index (χ4v) is 4.69. The maximum Gasteiger partial charge on any atom is 0.410 e. The number of ether oxygens (including phenoxy) is 2. The quantitative estimate of drug-likeness (QED) is 0.557. The van der Waals surface area contributed by atoms with Crippen LogP contribution in [-0.4, -0.2) is 65.7 Å². The number of rotatable bonds is 7. The summed E-state index contributed by atoms with van der Waals surface area (Å²) in [5, 5.41) is 3.23. The second-order valence-corrected chi connectivity index (χ2v) is 8.94. The molecule has 0 bridgehead atoms. The molecule has 5 rings (SSSR count). The summed E-state index contributed by atoms with van der Waals surface area (Å²) in [6.45, 7) is 1.97. The first-order valence-corrected chi connectivity index (χ1v) is 11.7. The van der Waals surface area contributed by atoms with Crippen molar-refractivity contribution in [3.63, 3.8) is 0 Å². The molecule has 3 aromatic rings. The van der Waals surface area contributed by atoms with Gasteiger partial charge in [-0.15, -0.1) is 0 Å². The average molecular weight is 473 g/mol.